The number of aryl methyl sites for hydroxylation is 1. The Kier molecular flexibility index (Phi) is 5.10. The Labute approximate surface area is 164 Å². The van der Waals surface area contributed by atoms with Gasteiger partial charge in [-0.15, -0.1) is 0 Å². The molecular formula is C22H23N5O. The average Bonchev–Trinajstić information content (AvgIpc) is 3.11. The summed E-state index contributed by atoms with van der Waals surface area (Å²) >= 11 is 0. The van der Waals surface area contributed by atoms with E-state index in [1.165, 1.54) is 10.9 Å². The molecule has 28 heavy (non-hydrogen) atoms. The number of aromatic amines is 1. The molecule has 0 saturated heterocycles. The van der Waals surface area contributed by atoms with E-state index in [1.807, 2.05) is 43.3 Å². The molecular weight excluding hydrogens is 350 g/mol. The maximum atomic E-state index is 5.27. The van der Waals surface area contributed by atoms with Crippen molar-refractivity contribution in [3.8, 4) is 5.75 Å². The van der Waals surface area contributed by atoms with Crippen molar-refractivity contribution in [1.29, 1.82) is 0 Å². The lowest BCUT2D eigenvalue weighted by molar-refractivity contribution is 0.415. The van der Waals surface area contributed by atoms with Gasteiger partial charge in [-0.3, -0.25) is 0 Å². The van der Waals surface area contributed by atoms with E-state index in [4.69, 9.17) is 4.74 Å². The summed E-state index contributed by atoms with van der Waals surface area (Å²) in [5.41, 5.74) is 4.26. The number of hydrogen-bond donors (Lipinski definition) is 3. The predicted octanol–water partition coefficient (Wildman–Crippen LogP) is 4.67. The summed E-state index contributed by atoms with van der Waals surface area (Å²) < 4.78 is 5.27. The van der Waals surface area contributed by atoms with Crippen molar-refractivity contribution in [1.82, 2.24) is 15.0 Å². The molecule has 4 aromatic rings. The second-order valence-electron chi connectivity index (χ2n) is 6.61. The molecule has 0 atom stereocenters. The predicted molar refractivity (Wildman–Crippen MR) is 114 cm³/mol. The third-order valence-electron chi connectivity index (χ3n) is 4.55. The number of rotatable bonds is 7. The maximum Gasteiger partial charge on any atom is 0.224 e. The van der Waals surface area contributed by atoms with Gasteiger partial charge in [-0.25, -0.2) is 4.98 Å². The summed E-state index contributed by atoms with van der Waals surface area (Å²) in [6, 6.07) is 18.0. The summed E-state index contributed by atoms with van der Waals surface area (Å²) in [6.45, 7) is 2.72. The lowest BCUT2D eigenvalue weighted by atomic mass is 10.1. The minimum atomic E-state index is 0.616. The normalized spacial score (nSPS) is 10.8. The Balaban J connectivity index is 1.43. The standard InChI is InChI=1S/C22H23N5O/c1-15-12-21(26-17-6-5-7-18(13-17)28-2)27-22(25-15)23-11-10-16-14-24-20-9-4-3-8-19(16)20/h3-9,12-14,24H,10-11H2,1-2H3,(H2,23,25,26,27). The lowest BCUT2D eigenvalue weighted by Crippen LogP contribution is -2.09. The number of para-hydroxylation sites is 1. The Morgan fingerprint density at radius 1 is 1.04 bits per heavy atom. The van der Waals surface area contributed by atoms with Crippen LogP contribution in [-0.2, 0) is 6.42 Å². The Bertz CT molecular complexity index is 1090. The number of nitrogens with one attached hydrogen (secondary N) is 3. The zero-order valence-corrected chi connectivity index (χ0v) is 16.0. The molecule has 2 aromatic carbocycles. The molecule has 0 amide bonds. The van der Waals surface area contributed by atoms with Crippen molar-refractivity contribution >= 4 is 28.4 Å². The van der Waals surface area contributed by atoms with E-state index in [0.29, 0.717) is 5.95 Å². The number of benzene rings is 2. The first-order valence-electron chi connectivity index (χ1n) is 9.27. The van der Waals surface area contributed by atoms with Gasteiger partial charge in [0, 0.05) is 47.2 Å². The number of H-pyrrole nitrogens is 1. The van der Waals surface area contributed by atoms with Crippen LogP contribution in [0.1, 0.15) is 11.3 Å². The van der Waals surface area contributed by atoms with Gasteiger partial charge in [0.15, 0.2) is 0 Å². The van der Waals surface area contributed by atoms with Crippen molar-refractivity contribution in [2.45, 2.75) is 13.3 Å². The molecule has 0 aliphatic heterocycles. The van der Waals surface area contributed by atoms with Gasteiger partial charge >= 0.3 is 0 Å². The molecule has 0 radical (unpaired) electrons. The van der Waals surface area contributed by atoms with E-state index in [2.05, 4.69) is 50.0 Å². The largest absolute Gasteiger partial charge is 0.497 e. The Morgan fingerprint density at radius 3 is 2.82 bits per heavy atom. The van der Waals surface area contributed by atoms with Crippen LogP contribution in [0, 0.1) is 6.92 Å². The molecule has 6 nitrogen and oxygen atoms in total. The molecule has 2 heterocycles. The van der Waals surface area contributed by atoms with Crippen molar-refractivity contribution in [3.63, 3.8) is 0 Å². The number of methoxy groups -OCH3 is 1. The minimum absolute atomic E-state index is 0.616. The first-order chi connectivity index (χ1) is 13.7. The van der Waals surface area contributed by atoms with Crippen LogP contribution in [0.5, 0.6) is 5.75 Å². The van der Waals surface area contributed by atoms with E-state index in [0.717, 1.165) is 41.4 Å². The molecule has 0 spiro atoms. The second kappa shape index (κ2) is 8.00. The van der Waals surface area contributed by atoms with Crippen LogP contribution >= 0.6 is 0 Å². The third kappa shape index (κ3) is 4.06. The van der Waals surface area contributed by atoms with Gasteiger partial charge in [-0.2, -0.15) is 4.98 Å². The van der Waals surface area contributed by atoms with Crippen LogP contribution in [0.15, 0.2) is 60.8 Å². The zero-order valence-electron chi connectivity index (χ0n) is 16.0. The van der Waals surface area contributed by atoms with Crippen molar-refractivity contribution < 1.29 is 4.74 Å². The number of nitrogens with zero attached hydrogens (tertiary/aromatic N) is 2. The topological polar surface area (TPSA) is 74.9 Å². The van der Waals surface area contributed by atoms with Crippen molar-refractivity contribution in [2.75, 3.05) is 24.3 Å². The highest BCUT2D eigenvalue weighted by molar-refractivity contribution is 5.83. The summed E-state index contributed by atoms with van der Waals surface area (Å²) in [5, 5.41) is 7.91. The van der Waals surface area contributed by atoms with Crippen LogP contribution < -0.4 is 15.4 Å². The number of fused-ring (bicyclic) bond motifs is 1. The minimum Gasteiger partial charge on any atom is -0.497 e. The van der Waals surface area contributed by atoms with Gasteiger partial charge in [0.05, 0.1) is 7.11 Å². The van der Waals surface area contributed by atoms with E-state index in [1.54, 1.807) is 7.11 Å². The van der Waals surface area contributed by atoms with Crippen LogP contribution in [0.25, 0.3) is 10.9 Å². The molecule has 3 N–H and O–H groups in total. The first-order valence-corrected chi connectivity index (χ1v) is 9.27. The SMILES string of the molecule is COc1cccc(Nc2cc(C)nc(NCCc3c[nH]c4ccccc34)n2)c1. The molecule has 4 rings (SSSR count). The average molecular weight is 373 g/mol. The number of hydrogen-bond acceptors (Lipinski definition) is 5. The van der Waals surface area contributed by atoms with Gasteiger partial charge in [-0.1, -0.05) is 24.3 Å². The van der Waals surface area contributed by atoms with Gasteiger partial charge in [0.1, 0.15) is 11.6 Å². The van der Waals surface area contributed by atoms with Crippen LogP contribution in [0.4, 0.5) is 17.5 Å². The van der Waals surface area contributed by atoms with Crippen LogP contribution in [0.3, 0.4) is 0 Å². The fourth-order valence-corrected chi connectivity index (χ4v) is 3.21. The van der Waals surface area contributed by atoms with Gasteiger partial charge in [0.25, 0.3) is 0 Å². The molecule has 2 aromatic heterocycles. The quantitative estimate of drug-likeness (QED) is 0.439. The van der Waals surface area contributed by atoms with Crippen molar-refractivity contribution in [3.05, 3.63) is 72.1 Å². The van der Waals surface area contributed by atoms with Crippen LogP contribution in [-0.4, -0.2) is 28.6 Å². The summed E-state index contributed by atoms with van der Waals surface area (Å²) in [7, 11) is 1.66. The van der Waals surface area contributed by atoms with E-state index in [9.17, 15) is 0 Å². The summed E-state index contributed by atoms with van der Waals surface area (Å²) in [4.78, 5) is 12.4. The molecule has 142 valence electrons. The molecule has 0 fully saturated rings. The molecule has 0 bridgehead atoms. The van der Waals surface area contributed by atoms with Gasteiger partial charge in [0.2, 0.25) is 5.95 Å². The molecule has 0 aliphatic rings. The molecule has 0 aliphatic carbocycles. The number of ether oxygens (including phenoxy) is 1. The van der Waals surface area contributed by atoms with Crippen LogP contribution in [0.2, 0.25) is 0 Å². The van der Waals surface area contributed by atoms with Crippen molar-refractivity contribution in [2.24, 2.45) is 0 Å². The lowest BCUT2D eigenvalue weighted by Gasteiger charge is -2.10. The highest BCUT2D eigenvalue weighted by Gasteiger charge is 2.06. The Hall–Kier alpha value is -3.54. The molecule has 0 saturated carbocycles. The number of anilines is 3. The monoisotopic (exact) mass is 373 g/mol. The van der Waals surface area contributed by atoms with Gasteiger partial charge in [-0.05, 0) is 37.1 Å². The zero-order chi connectivity index (χ0) is 19.3. The first kappa shape index (κ1) is 17.9. The molecule has 6 heteroatoms. The van der Waals surface area contributed by atoms with Gasteiger partial charge < -0.3 is 20.4 Å². The van der Waals surface area contributed by atoms with E-state index in [-0.39, 0.29) is 0 Å². The summed E-state index contributed by atoms with van der Waals surface area (Å²) in [6.07, 6.45) is 2.96. The number of aromatic nitrogens is 3. The molecule has 0 unspecified atom stereocenters. The fraction of sp³-hybridized carbons (Fsp3) is 0.182. The maximum absolute atomic E-state index is 5.27. The highest BCUT2D eigenvalue weighted by Crippen LogP contribution is 2.22. The van der Waals surface area contributed by atoms with E-state index < -0.39 is 0 Å². The summed E-state index contributed by atoms with van der Waals surface area (Å²) in [5.74, 6) is 2.16. The van der Waals surface area contributed by atoms with E-state index >= 15 is 0 Å². The smallest absolute Gasteiger partial charge is 0.224 e. The highest BCUT2D eigenvalue weighted by atomic mass is 16.5. The Morgan fingerprint density at radius 2 is 1.93 bits per heavy atom. The third-order valence-corrected chi connectivity index (χ3v) is 4.55. The second-order valence-corrected chi connectivity index (χ2v) is 6.61. The fourth-order valence-electron chi connectivity index (χ4n) is 3.21.